The van der Waals surface area contributed by atoms with Gasteiger partial charge in [0.05, 0.1) is 24.1 Å². The molecule has 1 fully saturated rings. The molecule has 10 heteroatoms. The summed E-state index contributed by atoms with van der Waals surface area (Å²) in [6.07, 6.45) is 5.27. The Morgan fingerprint density at radius 3 is 2.50 bits per heavy atom. The van der Waals surface area contributed by atoms with Crippen LogP contribution >= 0.6 is 0 Å². The Balaban J connectivity index is 1.17. The van der Waals surface area contributed by atoms with Crippen molar-refractivity contribution in [1.82, 2.24) is 19.4 Å². The first-order valence-corrected chi connectivity index (χ1v) is 15.8. The molecule has 5 aromatic rings. The Hall–Kier alpha value is -5.22. The van der Waals surface area contributed by atoms with Crippen molar-refractivity contribution in [2.24, 2.45) is 12.8 Å². The number of nitrogens with one attached hydrogen (secondary N) is 2. The van der Waals surface area contributed by atoms with Crippen LogP contribution < -0.4 is 21.7 Å². The number of benzene rings is 3. The number of rotatable bonds is 11. The van der Waals surface area contributed by atoms with E-state index in [9.17, 15) is 4.79 Å². The molecule has 2 aromatic heterocycles. The molecule has 1 aliphatic rings. The maximum atomic E-state index is 14.0. The van der Waals surface area contributed by atoms with Gasteiger partial charge in [-0.3, -0.25) is 15.1 Å². The smallest absolute Gasteiger partial charge is 0.241 e. The van der Waals surface area contributed by atoms with Crippen LogP contribution in [0.5, 0.6) is 0 Å². The molecule has 3 aromatic carbocycles. The molecule has 10 nitrogen and oxygen atoms in total. The molecule has 1 aliphatic heterocycles. The fourth-order valence-electron chi connectivity index (χ4n) is 6.10. The molecule has 6 N–H and O–H groups in total. The van der Waals surface area contributed by atoms with Gasteiger partial charge in [-0.05, 0) is 72.9 Å². The Morgan fingerprint density at radius 2 is 1.78 bits per heavy atom. The monoisotopic (exact) mass is 615 g/mol. The molecule has 0 unspecified atom stereocenters. The molecule has 0 radical (unpaired) electrons. The summed E-state index contributed by atoms with van der Waals surface area (Å²) in [5.74, 6) is 1.97. The number of nitrogens with two attached hydrogens (primary N) is 2. The molecule has 46 heavy (non-hydrogen) atoms. The van der Waals surface area contributed by atoms with Gasteiger partial charge in [0.2, 0.25) is 5.91 Å². The average Bonchev–Trinajstić information content (AvgIpc) is 3.38. The number of carbonyl (C=O) groups is 1. The zero-order chi connectivity index (χ0) is 32.0. The third kappa shape index (κ3) is 7.35. The molecule has 1 amide bonds. The van der Waals surface area contributed by atoms with Gasteiger partial charge in [0.15, 0.2) is 0 Å². The van der Waals surface area contributed by atoms with E-state index in [0.717, 1.165) is 83.8 Å². The first kappa shape index (κ1) is 30.8. The summed E-state index contributed by atoms with van der Waals surface area (Å²) in [6.45, 7) is 2.43. The van der Waals surface area contributed by atoms with Gasteiger partial charge < -0.3 is 26.3 Å². The number of imidazole rings is 1. The number of fused-ring (bicyclic) bond motifs is 1. The topological polar surface area (TPSA) is 142 Å². The highest BCUT2D eigenvalue weighted by atomic mass is 16.2. The summed E-state index contributed by atoms with van der Waals surface area (Å²) < 4.78 is 2.12. The predicted octanol–water partition coefficient (Wildman–Crippen LogP) is 4.73. The number of pyridine rings is 1. The number of amidine groups is 1. The second-order valence-corrected chi connectivity index (χ2v) is 12.0. The standard InChI is InChI=1S/C36H41N9O/c1-43-32-14-13-30(22-31(32)42-34(43)15-10-25-8-11-27(12-9-25)36(38)39)45(23-26-5-4-6-28(37)21-26)35(46)24-44-19-16-29(17-20-44)41-33-7-2-3-18-40-33/h2-9,11-14,18,21-22,29H,10,15-17,19-20,23-24,37H2,1H3,(H3,38,39)(H,40,41). The number of carbonyl (C=O) groups excluding carboxylic acids is 1. The number of nitrogens with zero attached hydrogens (tertiary/aromatic N) is 5. The molecular formula is C36H41N9O. The van der Waals surface area contributed by atoms with Crippen LogP contribution in [-0.2, 0) is 31.2 Å². The lowest BCUT2D eigenvalue weighted by molar-refractivity contribution is -0.120. The van der Waals surface area contributed by atoms with E-state index in [4.69, 9.17) is 21.9 Å². The highest BCUT2D eigenvalue weighted by Crippen LogP contribution is 2.26. The van der Waals surface area contributed by atoms with Crippen molar-refractivity contribution in [3.05, 3.63) is 114 Å². The Labute approximate surface area is 269 Å². The molecule has 0 saturated carbocycles. The van der Waals surface area contributed by atoms with E-state index in [0.29, 0.717) is 24.8 Å². The van der Waals surface area contributed by atoms with Gasteiger partial charge in [0.25, 0.3) is 0 Å². The normalized spacial score (nSPS) is 13.9. The molecule has 0 bridgehead atoms. The van der Waals surface area contributed by atoms with E-state index in [2.05, 4.69) is 25.8 Å². The van der Waals surface area contributed by atoms with Gasteiger partial charge >= 0.3 is 0 Å². The van der Waals surface area contributed by atoms with E-state index in [1.54, 1.807) is 6.20 Å². The number of aryl methyl sites for hydroxylation is 3. The molecule has 0 atom stereocenters. The average molecular weight is 616 g/mol. The summed E-state index contributed by atoms with van der Waals surface area (Å²) in [5, 5.41) is 11.1. The maximum Gasteiger partial charge on any atom is 0.241 e. The zero-order valence-corrected chi connectivity index (χ0v) is 26.2. The molecule has 0 spiro atoms. The van der Waals surface area contributed by atoms with Crippen LogP contribution in [0.1, 0.15) is 35.4 Å². The van der Waals surface area contributed by atoms with Crippen molar-refractivity contribution in [3.8, 4) is 0 Å². The summed E-state index contributed by atoms with van der Waals surface area (Å²) in [7, 11) is 2.03. The van der Waals surface area contributed by atoms with Crippen LogP contribution in [0, 0.1) is 5.41 Å². The van der Waals surface area contributed by atoms with Crippen molar-refractivity contribution in [2.75, 3.05) is 35.6 Å². The zero-order valence-electron chi connectivity index (χ0n) is 26.2. The van der Waals surface area contributed by atoms with Crippen molar-refractivity contribution in [1.29, 1.82) is 5.41 Å². The van der Waals surface area contributed by atoms with Gasteiger partial charge in [-0.15, -0.1) is 0 Å². The Kier molecular flexibility index (Phi) is 9.25. The van der Waals surface area contributed by atoms with Crippen LogP contribution in [-0.4, -0.2) is 56.9 Å². The fourth-order valence-corrected chi connectivity index (χ4v) is 6.10. The highest BCUT2D eigenvalue weighted by molar-refractivity contribution is 5.97. The number of aromatic nitrogens is 3. The lowest BCUT2D eigenvalue weighted by Crippen LogP contribution is -2.45. The fraction of sp³-hybridized carbons (Fsp3) is 0.278. The van der Waals surface area contributed by atoms with E-state index < -0.39 is 0 Å². The van der Waals surface area contributed by atoms with E-state index >= 15 is 0 Å². The molecule has 6 rings (SSSR count). The SMILES string of the molecule is Cn1c(CCc2ccc(C(=N)N)cc2)nc2cc(N(Cc3cccc(N)c3)C(=O)CN3CCC(Nc4ccccn4)CC3)ccc21. The summed E-state index contributed by atoms with van der Waals surface area (Å²) >= 11 is 0. The minimum absolute atomic E-state index is 0.0445. The van der Waals surface area contributed by atoms with Gasteiger partial charge in [0, 0.05) is 55.7 Å². The summed E-state index contributed by atoms with van der Waals surface area (Å²) in [6, 6.07) is 27.8. The van der Waals surface area contributed by atoms with E-state index in [1.165, 1.54) is 0 Å². The minimum atomic E-state index is 0.0445. The molecule has 1 saturated heterocycles. The minimum Gasteiger partial charge on any atom is -0.399 e. The second kappa shape index (κ2) is 13.8. The van der Waals surface area contributed by atoms with Crippen LogP contribution in [0.4, 0.5) is 17.2 Å². The largest absolute Gasteiger partial charge is 0.399 e. The number of hydrogen-bond acceptors (Lipinski definition) is 7. The van der Waals surface area contributed by atoms with Gasteiger partial charge in [-0.2, -0.15) is 0 Å². The summed E-state index contributed by atoms with van der Waals surface area (Å²) in [4.78, 5) is 27.5. The quantitative estimate of drug-likeness (QED) is 0.0956. The number of amides is 1. The third-order valence-corrected chi connectivity index (χ3v) is 8.73. The molecular weight excluding hydrogens is 574 g/mol. The number of hydrogen-bond donors (Lipinski definition) is 4. The number of likely N-dealkylation sites (tertiary alicyclic amines) is 1. The molecule has 3 heterocycles. The van der Waals surface area contributed by atoms with Crippen molar-refractivity contribution >= 4 is 40.0 Å². The number of nitrogen functional groups attached to an aromatic ring is 2. The third-order valence-electron chi connectivity index (χ3n) is 8.73. The van der Waals surface area contributed by atoms with Gasteiger partial charge in [0.1, 0.15) is 17.5 Å². The summed E-state index contributed by atoms with van der Waals surface area (Å²) in [5.41, 5.74) is 17.9. The first-order valence-electron chi connectivity index (χ1n) is 15.8. The van der Waals surface area contributed by atoms with E-state index in [1.807, 2.05) is 90.8 Å². The first-order chi connectivity index (χ1) is 22.3. The number of anilines is 3. The highest BCUT2D eigenvalue weighted by Gasteiger charge is 2.25. The maximum absolute atomic E-state index is 14.0. The van der Waals surface area contributed by atoms with Crippen LogP contribution in [0.2, 0.25) is 0 Å². The molecule has 0 aliphatic carbocycles. The van der Waals surface area contributed by atoms with Gasteiger partial charge in [-0.1, -0.05) is 42.5 Å². The van der Waals surface area contributed by atoms with Crippen molar-refractivity contribution < 1.29 is 4.79 Å². The lowest BCUT2D eigenvalue weighted by Gasteiger charge is -2.33. The Morgan fingerprint density at radius 1 is 0.978 bits per heavy atom. The van der Waals surface area contributed by atoms with E-state index in [-0.39, 0.29) is 11.7 Å². The Bertz CT molecular complexity index is 1810. The number of piperidine rings is 1. The predicted molar refractivity (Wildman–Crippen MR) is 185 cm³/mol. The van der Waals surface area contributed by atoms with Crippen LogP contribution in [0.15, 0.2) is 91.1 Å². The van der Waals surface area contributed by atoms with Crippen LogP contribution in [0.3, 0.4) is 0 Å². The van der Waals surface area contributed by atoms with Crippen molar-refractivity contribution in [3.63, 3.8) is 0 Å². The van der Waals surface area contributed by atoms with Crippen molar-refractivity contribution in [2.45, 2.75) is 38.3 Å². The lowest BCUT2D eigenvalue weighted by atomic mass is 10.0. The molecule has 236 valence electrons. The second-order valence-electron chi connectivity index (χ2n) is 12.0. The van der Waals surface area contributed by atoms with Crippen LogP contribution in [0.25, 0.3) is 11.0 Å². The van der Waals surface area contributed by atoms with Gasteiger partial charge in [-0.25, -0.2) is 9.97 Å².